The second kappa shape index (κ2) is 6.47. The molecule has 2 aromatic rings. The Kier molecular flexibility index (Phi) is 5.25. The average Bonchev–Trinajstić information content (AvgIpc) is 2.73. The second-order valence-corrected chi connectivity index (χ2v) is 3.84. The Hall–Kier alpha value is -1.46. The average molecular weight is 274 g/mol. The zero-order valence-corrected chi connectivity index (χ0v) is 10.5. The molecule has 2 N–H and O–H groups in total. The number of aryl methyl sites for hydroxylation is 2. The Labute approximate surface area is 110 Å². The van der Waals surface area contributed by atoms with Crippen molar-refractivity contribution in [2.45, 2.75) is 19.5 Å². The van der Waals surface area contributed by atoms with Crippen molar-refractivity contribution in [3.05, 3.63) is 53.4 Å². The number of hydrogen-bond acceptors (Lipinski definition) is 2. The van der Waals surface area contributed by atoms with E-state index in [1.54, 1.807) is 10.9 Å². The third-order valence-electron chi connectivity index (χ3n) is 2.47. The molecule has 0 amide bonds. The Morgan fingerprint density at radius 3 is 2.33 bits per heavy atom. The summed E-state index contributed by atoms with van der Waals surface area (Å²) >= 11 is 0. The molecule has 0 unspecified atom stereocenters. The topological polar surface area (TPSA) is 43.8 Å². The van der Waals surface area contributed by atoms with Crippen LogP contribution in [0.5, 0.6) is 0 Å². The van der Waals surface area contributed by atoms with Crippen molar-refractivity contribution in [3.8, 4) is 0 Å². The Morgan fingerprint density at radius 2 is 1.78 bits per heavy atom. The molecule has 0 aliphatic heterocycles. The molecule has 1 aromatic heterocycles. The predicted octanol–water partition coefficient (Wildman–Crippen LogP) is 2.28. The van der Waals surface area contributed by atoms with Crippen molar-refractivity contribution < 1.29 is 8.78 Å². The van der Waals surface area contributed by atoms with Crippen LogP contribution in [0, 0.1) is 11.6 Å². The van der Waals surface area contributed by atoms with Gasteiger partial charge in [-0.15, -0.1) is 12.4 Å². The fourth-order valence-electron chi connectivity index (χ4n) is 1.63. The lowest BCUT2D eigenvalue weighted by atomic mass is 10.1. The molecule has 6 heteroatoms. The zero-order valence-electron chi connectivity index (χ0n) is 9.64. The summed E-state index contributed by atoms with van der Waals surface area (Å²) in [6.07, 6.45) is 4.04. The lowest BCUT2D eigenvalue weighted by Gasteiger charge is -2.02. The van der Waals surface area contributed by atoms with E-state index in [4.69, 9.17) is 5.73 Å². The van der Waals surface area contributed by atoms with E-state index in [0.717, 1.165) is 11.6 Å². The molecule has 0 aliphatic carbocycles. The van der Waals surface area contributed by atoms with E-state index < -0.39 is 11.6 Å². The van der Waals surface area contributed by atoms with Crippen LogP contribution in [0.3, 0.4) is 0 Å². The van der Waals surface area contributed by atoms with Crippen molar-refractivity contribution in [2.75, 3.05) is 0 Å². The highest BCUT2D eigenvalue weighted by Gasteiger charge is 2.02. The van der Waals surface area contributed by atoms with Crippen LogP contribution in [0.2, 0.25) is 0 Å². The normalized spacial score (nSPS) is 10.2. The SMILES string of the molecule is Cl.NCc1cnn(CCc2cc(F)cc(F)c2)c1. The highest BCUT2D eigenvalue weighted by Crippen LogP contribution is 2.09. The monoisotopic (exact) mass is 273 g/mol. The summed E-state index contributed by atoms with van der Waals surface area (Å²) in [4.78, 5) is 0. The van der Waals surface area contributed by atoms with Gasteiger partial charge in [0.15, 0.2) is 0 Å². The van der Waals surface area contributed by atoms with Crippen LogP contribution in [0.25, 0.3) is 0 Å². The fraction of sp³-hybridized carbons (Fsp3) is 0.250. The number of nitrogens with zero attached hydrogens (tertiary/aromatic N) is 2. The highest BCUT2D eigenvalue weighted by atomic mass is 35.5. The van der Waals surface area contributed by atoms with Crippen molar-refractivity contribution in [3.63, 3.8) is 0 Å². The van der Waals surface area contributed by atoms with Gasteiger partial charge in [-0.25, -0.2) is 8.78 Å². The number of halogens is 3. The molecule has 2 rings (SSSR count). The van der Waals surface area contributed by atoms with Crippen LogP contribution in [0.1, 0.15) is 11.1 Å². The minimum absolute atomic E-state index is 0. The first-order valence-electron chi connectivity index (χ1n) is 5.34. The van der Waals surface area contributed by atoms with Gasteiger partial charge in [0.25, 0.3) is 0 Å². The van der Waals surface area contributed by atoms with Crippen LogP contribution in [-0.2, 0) is 19.5 Å². The molecule has 3 nitrogen and oxygen atoms in total. The zero-order chi connectivity index (χ0) is 12.3. The van der Waals surface area contributed by atoms with Crippen molar-refractivity contribution in [1.82, 2.24) is 9.78 Å². The van der Waals surface area contributed by atoms with Gasteiger partial charge in [-0.3, -0.25) is 4.68 Å². The summed E-state index contributed by atoms with van der Waals surface area (Å²) in [7, 11) is 0. The molecule has 1 heterocycles. The first kappa shape index (κ1) is 14.6. The first-order valence-corrected chi connectivity index (χ1v) is 5.34. The van der Waals surface area contributed by atoms with Gasteiger partial charge >= 0.3 is 0 Å². The summed E-state index contributed by atoms with van der Waals surface area (Å²) in [5, 5.41) is 4.10. The third kappa shape index (κ3) is 3.78. The molecule has 1 aromatic carbocycles. The summed E-state index contributed by atoms with van der Waals surface area (Å²) in [5.74, 6) is -1.11. The first-order chi connectivity index (χ1) is 8.17. The highest BCUT2D eigenvalue weighted by molar-refractivity contribution is 5.85. The molecule has 18 heavy (non-hydrogen) atoms. The smallest absolute Gasteiger partial charge is 0.126 e. The van der Waals surface area contributed by atoms with E-state index in [1.807, 2.05) is 6.20 Å². The van der Waals surface area contributed by atoms with Crippen LogP contribution in [0.4, 0.5) is 8.78 Å². The van der Waals surface area contributed by atoms with Crippen LogP contribution >= 0.6 is 12.4 Å². The standard InChI is InChI=1S/C12H13F2N3.ClH/c13-11-3-9(4-12(14)5-11)1-2-17-8-10(6-15)7-16-17;/h3-5,7-8H,1-2,6,15H2;1H. The fourth-order valence-corrected chi connectivity index (χ4v) is 1.63. The summed E-state index contributed by atoms with van der Waals surface area (Å²) in [6, 6.07) is 3.52. The van der Waals surface area contributed by atoms with E-state index in [-0.39, 0.29) is 12.4 Å². The molecule has 98 valence electrons. The van der Waals surface area contributed by atoms with E-state index >= 15 is 0 Å². The van der Waals surface area contributed by atoms with Gasteiger partial charge in [-0.2, -0.15) is 5.10 Å². The number of benzene rings is 1. The largest absolute Gasteiger partial charge is 0.326 e. The predicted molar refractivity (Wildman–Crippen MR) is 67.4 cm³/mol. The molecule has 0 bridgehead atoms. The Morgan fingerprint density at radius 1 is 1.11 bits per heavy atom. The summed E-state index contributed by atoms with van der Waals surface area (Å²) in [6.45, 7) is 1.01. The Bertz CT molecular complexity index is 494. The van der Waals surface area contributed by atoms with Gasteiger partial charge < -0.3 is 5.73 Å². The van der Waals surface area contributed by atoms with Gasteiger partial charge in [0.05, 0.1) is 6.20 Å². The molecule has 0 fully saturated rings. The van der Waals surface area contributed by atoms with Crippen molar-refractivity contribution >= 4 is 12.4 Å². The van der Waals surface area contributed by atoms with E-state index in [1.165, 1.54) is 12.1 Å². The number of nitrogens with two attached hydrogens (primary N) is 1. The Balaban J connectivity index is 0.00000162. The van der Waals surface area contributed by atoms with E-state index in [2.05, 4.69) is 5.10 Å². The molecular formula is C12H14ClF2N3. The maximum atomic E-state index is 12.9. The third-order valence-corrected chi connectivity index (χ3v) is 2.47. The van der Waals surface area contributed by atoms with Gasteiger partial charge in [0.1, 0.15) is 11.6 Å². The molecule has 0 saturated carbocycles. The van der Waals surface area contributed by atoms with Gasteiger partial charge in [0, 0.05) is 30.9 Å². The molecule has 0 aliphatic rings. The number of rotatable bonds is 4. The minimum atomic E-state index is -0.553. The summed E-state index contributed by atoms with van der Waals surface area (Å²) < 4.78 is 27.6. The van der Waals surface area contributed by atoms with E-state index in [0.29, 0.717) is 25.1 Å². The van der Waals surface area contributed by atoms with Gasteiger partial charge in [-0.1, -0.05) is 0 Å². The molecule has 0 radical (unpaired) electrons. The van der Waals surface area contributed by atoms with Gasteiger partial charge in [0.2, 0.25) is 0 Å². The molecule has 0 atom stereocenters. The van der Waals surface area contributed by atoms with Crippen LogP contribution in [0.15, 0.2) is 30.6 Å². The van der Waals surface area contributed by atoms with Crippen LogP contribution < -0.4 is 5.73 Å². The maximum Gasteiger partial charge on any atom is 0.126 e. The molecule has 0 spiro atoms. The van der Waals surface area contributed by atoms with Gasteiger partial charge in [-0.05, 0) is 24.1 Å². The van der Waals surface area contributed by atoms with Crippen molar-refractivity contribution in [2.24, 2.45) is 5.73 Å². The van der Waals surface area contributed by atoms with Crippen LogP contribution in [-0.4, -0.2) is 9.78 Å². The minimum Gasteiger partial charge on any atom is -0.326 e. The quantitative estimate of drug-likeness (QED) is 0.929. The number of hydrogen-bond donors (Lipinski definition) is 1. The van der Waals surface area contributed by atoms with Crippen molar-refractivity contribution in [1.29, 1.82) is 0 Å². The molecule has 0 saturated heterocycles. The molecular weight excluding hydrogens is 260 g/mol. The maximum absolute atomic E-state index is 12.9. The summed E-state index contributed by atoms with van der Waals surface area (Å²) in [5.41, 5.74) is 7.02. The second-order valence-electron chi connectivity index (χ2n) is 3.84. The lowest BCUT2D eigenvalue weighted by molar-refractivity contribution is 0.570. The lowest BCUT2D eigenvalue weighted by Crippen LogP contribution is -2.02. The van der Waals surface area contributed by atoms with E-state index in [9.17, 15) is 8.78 Å². The number of aromatic nitrogens is 2.